The molecule has 0 amide bonds. The lowest BCUT2D eigenvalue weighted by Crippen LogP contribution is -2.36. The highest BCUT2D eigenvalue weighted by molar-refractivity contribution is 9.10. The van der Waals surface area contributed by atoms with E-state index in [1.165, 1.54) is 6.07 Å². The van der Waals surface area contributed by atoms with Crippen LogP contribution in [0.5, 0.6) is 0 Å². The number of amidine groups is 1. The van der Waals surface area contributed by atoms with Gasteiger partial charge in [-0.15, -0.1) is 0 Å². The van der Waals surface area contributed by atoms with Crippen LogP contribution in [-0.2, 0) is 0 Å². The molecule has 0 spiro atoms. The van der Waals surface area contributed by atoms with Crippen molar-refractivity contribution in [1.82, 2.24) is 0 Å². The third kappa shape index (κ3) is 3.81. The zero-order valence-corrected chi connectivity index (χ0v) is 12.6. The molecule has 0 aliphatic heterocycles. The van der Waals surface area contributed by atoms with Gasteiger partial charge in [0.05, 0.1) is 15.8 Å². The minimum Gasteiger partial charge on any atom is -0.409 e. The molecule has 4 N–H and O–H groups in total. The summed E-state index contributed by atoms with van der Waals surface area (Å²) in [7, 11) is 1.67. The van der Waals surface area contributed by atoms with Crippen molar-refractivity contribution in [2.75, 3.05) is 18.5 Å². The second-order valence-electron chi connectivity index (χ2n) is 4.91. The van der Waals surface area contributed by atoms with Crippen LogP contribution >= 0.6 is 15.9 Å². The Morgan fingerprint density at radius 1 is 1.53 bits per heavy atom. The van der Waals surface area contributed by atoms with E-state index in [1.54, 1.807) is 31.9 Å². The summed E-state index contributed by atoms with van der Waals surface area (Å²) in [6.45, 7) is 3.54. The van der Waals surface area contributed by atoms with Gasteiger partial charge in [-0.1, -0.05) is 5.16 Å². The molecule has 1 rings (SSSR count). The number of hydrogen-bond acceptors (Lipinski definition) is 4. The van der Waals surface area contributed by atoms with Gasteiger partial charge in [-0.2, -0.15) is 0 Å². The number of oxime groups is 1. The van der Waals surface area contributed by atoms with Crippen LogP contribution in [0.25, 0.3) is 0 Å². The first-order valence-electron chi connectivity index (χ1n) is 5.57. The van der Waals surface area contributed by atoms with Crippen molar-refractivity contribution >= 4 is 27.5 Å². The quantitative estimate of drug-likeness (QED) is 0.340. The lowest BCUT2D eigenvalue weighted by atomic mass is 10.1. The number of hydrogen-bond donors (Lipinski definition) is 3. The molecule has 5 nitrogen and oxygen atoms in total. The van der Waals surface area contributed by atoms with Crippen molar-refractivity contribution in [3.63, 3.8) is 0 Å². The van der Waals surface area contributed by atoms with E-state index in [9.17, 15) is 9.50 Å². The Morgan fingerprint density at radius 3 is 2.58 bits per heavy atom. The molecule has 0 fully saturated rings. The highest BCUT2D eigenvalue weighted by Crippen LogP contribution is 2.29. The fourth-order valence-electron chi connectivity index (χ4n) is 1.75. The van der Waals surface area contributed by atoms with Crippen LogP contribution in [0.15, 0.2) is 21.8 Å². The summed E-state index contributed by atoms with van der Waals surface area (Å²) in [6, 6.07) is 3.05. The molecule has 0 aromatic heterocycles. The van der Waals surface area contributed by atoms with Crippen LogP contribution in [0.1, 0.15) is 19.4 Å². The number of rotatable bonds is 4. The number of nitrogens with zero attached hydrogens (tertiary/aromatic N) is 2. The Labute approximate surface area is 119 Å². The largest absolute Gasteiger partial charge is 0.409 e. The van der Waals surface area contributed by atoms with Gasteiger partial charge in [0.1, 0.15) is 0 Å². The van der Waals surface area contributed by atoms with Crippen LogP contribution < -0.4 is 10.6 Å². The van der Waals surface area contributed by atoms with E-state index in [0.29, 0.717) is 5.69 Å². The third-order valence-corrected chi connectivity index (χ3v) is 3.26. The van der Waals surface area contributed by atoms with Crippen LogP contribution in [0.4, 0.5) is 10.1 Å². The maximum Gasteiger partial charge on any atom is 0.171 e. The second kappa shape index (κ2) is 5.75. The van der Waals surface area contributed by atoms with Gasteiger partial charge in [0.15, 0.2) is 11.7 Å². The Balaban J connectivity index is 3.16. The van der Waals surface area contributed by atoms with E-state index in [1.807, 2.05) is 0 Å². The van der Waals surface area contributed by atoms with E-state index in [2.05, 4.69) is 21.1 Å². The van der Waals surface area contributed by atoms with Crippen LogP contribution in [0.3, 0.4) is 0 Å². The minimum absolute atomic E-state index is 0.114. The summed E-state index contributed by atoms with van der Waals surface area (Å²) in [6.07, 6.45) is 0. The third-order valence-electron chi connectivity index (χ3n) is 2.48. The summed E-state index contributed by atoms with van der Waals surface area (Å²) >= 11 is 3.08. The van der Waals surface area contributed by atoms with Gasteiger partial charge in [-0.05, 0) is 41.9 Å². The molecule has 0 heterocycles. The standard InChI is InChI=1S/C12H17BrFN3O2/c1-12(2,18)6-17(3)8-5-4-7(11(15)16-19)9(13)10(8)14/h4-5,18-19H,6H2,1-3H3,(H2,15,16). The smallest absolute Gasteiger partial charge is 0.171 e. The second-order valence-corrected chi connectivity index (χ2v) is 5.71. The predicted octanol–water partition coefficient (Wildman–Crippen LogP) is 1.89. The van der Waals surface area contributed by atoms with E-state index in [-0.39, 0.29) is 22.4 Å². The molecule has 0 unspecified atom stereocenters. The van der Waals surface area contributed by atoms with Crippen molar-refractivity contribution in [3.05, 3.63) is 28.0 Å². The van der Waals surface area contributed by atoms with Crippen molar-refractivity contribution < 1.29 is 14.7 Å². The van der Waals surface area contributed by atoms with Crippen molar-refractivity contribution in [2.45, 2.75) is 19.4 Å². The van der Waals surface area contributed by atoms with Gasteiger partial charge < -0.3 is 20.9 Å². The Kier molecular flexibility index (Phi) is 4.75. The minimum atomic E-state index is -0.947. The molecule has 0 bridgehead atoms. The first-order chi connectivity index (χ1) is 8.67. The number of halogens is 2. The molecule has 19 heavy (non-hydrogen) atoms. The Hall–Kier alpha value is -1.34. The SMILES string of the molecule is CN(CC(C)(C)O)c1ccc(/C(N)=N/O)c(Br)c1F. The molecule has 106 valence electrons. The molecule has 1 aromatic carbocycles. The van der Waals surface area contributed by atoms with Gasteiger partial charge >= 0.3 is 0 Å². The summed E-state index contributed by atoms with van der Waals surface area (Å²) in [4.78, 5) is 1.59. The van der Waals surface area contributed by atoms with Crippen molar-refractivity contribution in [2.24, 2.45) is 10.9 Å². The van der Waals surface area contributed by atoms with Gasteiger partial charge in [0, 0.05) is 19.2 Å². The molecular formula is C12H17BrFN3O2. The molecule has 1 aromatic rings. The Morgan fingerprint density at radius 2 is 2.11 bits per heavy atom. The molecule has 0 saturated heterocycles. The van der Waals surface area contributed by atoms with E-state index in [4.69, 9.17) is 10.9 Å². The number of likely N-dealkylation sites (N-methyl/N-ethyl adjacent to an activating group) is 1. The zero-order chi connectivity index (χ0) is 14.8. The lowest BCUT2D eigenvalue weighted by Gasteiger charge is -2.28. The molecule has 0 atom stereocenters. The van der Waals surface area contributed by atoms with Crippen LogP contribution in [0, 0.1) is 5.82 Å². The predicted molar refractivity (Wildman–Crippen MR) is 76.2 cm³/mol. The first kappa shape index (κ1) is 15.7. The summed E-state index contributed by atoms with van der Waals surface area (Å²) in [5.74, 6) is -0.710. The number of benzene rings is 1. The van der Waals surface area contributed by atoms with Gasteiger partial charge in [0.2, 0.25) is 0 Å². The van der Waals surface area contributed by atoms with Crippen LogP contribution in [0.2, 0.25) is 0 Å². The summed E-state index contributed by atoms with van der Waals surface area (Å²) in [5, 5.41) is 21.2. The normalized spacial score (nSPS) is 12.6. The van der Waals surface area contributed by atoms with Crippen molar-refractivity contribution in [1.29, 1.82) is 0 Å². The maximum absolute atomic E-state index is 14.2. The Bertz CT molecular complexity index is 500. The number of aliphatic hydroxyl groups is 1. The fraction of sp³-hybridized carbons (Fsp3) is 0.417. The van der Waals surface area contributed by atoms with Gasteiger partial charge in [-0.3, -0.25) is 0 Å². The van der Waals surface area contributed by atoms with E-state index < -0.39 is 11.4 Å². The number of nitrogens with two attached hydrogens (primary N) is 1. The molecule has 0 saturated carbocycles. The highest BCUT2D eigenvalue weighted by Gasteiger charge is 2.21. The molecule has 0 radical (unpaired) electrons. The van der Waals surface area contributed by atoms with Crippen LogP contribution in [-0.4, -0.2) is 35.3 Å². The van der Waals surface area contributed by atoms with E-state index >= 15 is 0 Å². The number of anilines is 1. The molecule has 0 aliphatic rings. The molecular weight excluding hydrogens is 317 g/mol. The summed E-state index contributed by atoms with van der Waals surface area (Å²) in [5.41, 5.74) is 5.07. The van der Waals surface area contributed by atoms with Gasteiger partial charge in [-0.25, -0.2) is 4.39 Å². The van der Waals surface area contributed by atoms with Crippen molar-refractivity contribution in [3.8, 4) is 0 Å². The zero-order valence-electron chi connectivity index (χ0n) is 11.0. The fourth-order valence-corrected chi connectivity index (χ4v) is 2.29. The lowest BCUT2D eigenvalue weighted by molar-refractivity contribution is 0.0885. The topological polar surface area (TPSA) is 82.1 Å². The maximum atomic E-state index is 14.2. The van der Waals surface area contributed by atoms with Gasteiger partial charge in [0.25, 0.3) is 0 Å². The summed E-state index contributed by atoms with van der Waals surface area (Å²) < 4.78 is 14.3. The molecule has 0 aliphatic carbocycles. The average molecular weight is 334 g/mol. The monoisotopic (exact) mass is 333 g/mol. The average Bonchev–Trinajstić information content (AvgIpc) is 2.29. The van der Waals surface area contributed by atoms with E-state index in [0.717, 1.165) is 0 Å². The first-order valence-corrected chi connectivity index (χ1v) is 6.36. The molecule has 7 heteroatoms. The highest BCUT2D eigenvalue weighted by atomic mass is 79.9.